The number of anilines is 1. The average Bonchev–Trinajstić information content (AvgIpc) is 3.45. The predicted molar refractivity (Wildman–Crippen MR) is 132 cm³/mol. The van der Waals surface area contributed by atoms with Gasteiger partial charge < -0.3 is 15.4 Å². The van der Waals surface area contributed by atoms with Crippen LogP contribution in [0, 0.1) is 24.6 Å². The second-order valence-corrected chi connectivity index (χ2v) is 8.49. The van der Waals surface area contributed by atoms with Crippen molar-refractivity contribution < 1.29 is 13.9 Å². The molecule has 4 aromatic rings. The Morgan fingerprint density at radius 2 is 1.92 bits per heavy atom. The fourth-order valence-corrected chi connectivity index (χ4v) is 4.44. The zero-order valence-electron chi connectivity index (χ0n) is 19.7. The second-order valence-electron chi connectivity index (χ2n) is 8.49. The molecule has 0 radical (unpaired) electrons. The van der Waals surface area contributed by atoms with Crippen LogP contribution >= 0.6 is 0 Å². The molecule has 1 fully saturated rings. The molecule has 36 heavy (non-hydrogen) atoms. The van der Waals surface area contributed by atoms with E-state index in [0.29, 0.717) is 53.4 Å². The number of rotatable bonds is 4. The molecule has 0 bridgehead atoms. The Morgan fingerprint density at radius 1 is 1.17 bits per heavy atom. The number of hydrogen-bond donors (Lipinski definition) is 1. The van der Waals surface area contributed by atoms with Gasteiger partial charge in [-0.15, -0.1) is 0 Å². The Balaban J connectivity index is 1.51. The van der Waals surface area contributed by atoms with Gasteiger partial charge in [0.2, 0.25) is 0 Å². The molecule has 5 rings (SSSR count). The number of fused-ring (bicyclic) bond motifs is 1. The Kier molecular flexibility index (Phi) is 5.90. The highest BCUT2D eigenvalue weighted by atomic mass is 19.1. The quantitative estimate of drug-likeness (QED) is 0.444. The molecule has 10 heteroatoms. The fraction of sp³-hybridized carbons (Fsp3) is 0.231. The molecule has 1 saturated heterocycles. The molecule has 1 amide bonds. The lowest BCUT2D eigenvalue weighted by molar-refractivity contribution is -0.124. The van der Waals surface area contributed by atoms with Crippen molar-refractivity contribution in [3.8, 4) is 29.0 Å². The van der Waals surface area contributed by atoms with Gasteiger partial charge in [0.15, 0.2) is 11.5 Å². The van der Waals surface area contributed by atoms with E-state index >= 15 is 0 Å². The van der Waals surface area contributed by atoms with Gasteiger partial charge in [0.25, 0.3) is 5.91 Å². The molecule has 182 valence electrons. The van der Waals surface area contributed by atoms with Crippen molar-refractivity contribution in [3.05, 3.63) is 70.7 Å². The van der Waals surface area contributed by atoms with Gasteiger partial charge >= 0.3 is 5.69 Å². The van der Waals surface area contributed by atoms with Crippen LogP contribution < -0.4 is 16.2 Å². The normalized spacial score (nSPS) is 15.1. The van der Waals surface area contributed by atoms with Crippen molar-refractivity contribution in [3.63, 3.8) is 0 Å². The minimum Gasteiger partial charge on any atom is -0.457 e. The van der Waals surface area contributed by atoms with Crippen LogP contribution in [0.2, 0.25) is 0 Å². The van der Waals surface area contributed by atoms with E-state index in [4.69, 9.17) is 10.5 Å². The van der Waals surface area contributed by atoms with Crippen molar-refractivity contribution in [1.29, 1.82) is 0 Å². The highest BCUT2D eigenvalue weighted by molar-refractivity contribution is 5.93. The van der Waals surface area contributed by atoms with Crippen LogP contribution in [0.5, 0.6) is 11.5 Å². The van der Waals surface area contributed by atoms with Crippen LogP contribution in [0.1, 0.15) is 24.9 Å². The molecule has 0 unspecified atom stereocenters. The van der Waals surface area contributed by atoms with Gasteiger partial charge in [0, 0.05) is 13.1 Å². The van der Waals surface area contributed by atoms with E-state index < -0.39 is 0 Å². The summed E-state index contributed by atoms with van der Waals surface area (Å²) in [6.45, 7) is 4.12. The molecule has 1 atom stereocenters. The molecule has 1 aliphatic rings. The van der Waals surface area contributed by atoms with Gasteiger partial charge in [-0.2, -0.15) is 0 Å². The molecule has 9 nitrogen and oxygen atoms in total. The number of nitrogens with zero attached hydrogens (tertiary/aromatic N) is 5. The minimum absolute atomic E-state index is 0.167. The van der Waals surface area contributed by atoms with Crippen molar-refractivity contribution in [2.24, 2.45) is 0 Å². The fourth-order valence-electron chi connectivity index (χ4n) is 4.44. The van der Waals surface area contributed by atoms with E-state index in [1.807, 2.05) is 0 Å². The predicted octanol–water partition coefficient (Wildman–Crippen LogP) is 3.20. The lowest BCUT2D eigenvalue weighted by Crippen LogP contribution is -2.31. The van der Waals surface area contributed by atoms with E-state index in [1.54, 1.807) is 59.7 Å². The summed E-state index contributed by atoms with van der Waals surface area (Å²) < 4.78 is 22.4. The first-order valence-electron chi connectivity index (χ1n) is 11.4. The third-order valence-corrected chi connectivity index (χ3v) is 6.19. The van der Waals surface area contributed by atoms with E-state index in [-0.39, 0.29) is 29.3 Å². The Labute approximate surface area is 205 Å². The third-order valence-electron chi connectivity index (χ3n) is 6.19. The number of carbonyl (C=O) groups excluding carboxylic acids is 1. The van der Waals surface area contributed by atoms with Gasteiger partial charge in [-0.25, -0.2) is 19.2 Å². The zero-order chi connectivity index (χ0) is 25.4. The third kappa shape index (κ3) is 4.05. The van der Waals surface area contributed by atoms with Gasteiger partial charge in [-0.1, -0.05) is 5.92 Å². The molecule has 2 N–H and O–H groups in total. The van der Waals surface area contributed by atoms with E-state index in [2.05, 4.69) is 21.8 Å². The summed E-state index contributed by atoms with van der Waals surface area (Å²) in [4.78, 5) is 36.0. The maximum atomic E-state index is 13.7. The monoisotopic (exact) mass is 486 g/mol. The summed E-state index contributed by atoms with van der Waals surface area (Å²) in [5.41, 5.74) is 7.68. The van der Waals surface area contributed by atoms with E-state index in [1.165, 1.54) is 17.0 Å². The molecule has 2 aromatic carbocycles. The SMILES string of the molecule is CC#CC(=O)N1CC[C@@H](n2c(=O)n(-c3ccc(Oc4ccc(F)c(C)c4)cc3)c3c(N)ncnc32)C1. The summed E-state index contributed by atoms with van der Waals surface area (Å²) in [5, 5.41) is 0. The van der Waals surface area contributed by atoms with E-state index in [0.717, 1.165) is 0 Å². The first-order valence-corrected chi connectivity index (χ1v) is 11.4. The number of aromatic nitrogens is 4. The number of amides is 1. The molecule has 0 aliphatic carbocycles. The standard InChI is InChI=1S/C26H23FN6O3/c1-3-4-22(34)31-12-11-18(14-31)33-25-23(24(28)29-15-30-25)32(26(33)35)17-5-7-19(8-6-17)36-20-9-10-21(27)16(2)13-20/h5-10,13,15,18H,11-12,14H2,1-2H3,(H2,28,29,30)/t18-/m1/s1. The van der Waals surface area contributed by atoms with Crippen molar-refractivity contribution >= 4 is 22.9 Å². The molecule has 3 heterocycles. The number of carbonyl (C=O) groups is 1. The smallest absolute Gasteiger partial charge is 0.335 e. The highest BCUT2D eigenvalue weighted by Gasteiger charge is 2.31. The van der Waals surface area contributed by atoms with Crippen molar-refractivity contribution in [1.82, 2.24) is 24.0 Å². The number of hydrogen-bond acceptors (Lipinski definition) is 6. The molecular weight excluding hydrogens is 463 g/mol. The van der Waals surface area contributed by atoms with Crippen LogP contribution in [-0.2, 0) is 4.79 Å². The van der Waals surface area contributed by atoms with Crippen LogP contribution in [0.25, 0.3) is 16.9 Å². The van der Waals surface area contributed by atoms with Gasteiger partial charge in [-0.3, -0.25) is 13.9 Å². The van der Waals surface area contributed by atoms with Crippen LogP contribution in [-0.4, -0.2) is 43.0 Å². The summed E-state index contributed by atoms with van der Waals surface area (Å²) in [6.07, 6.45) is 1.91. The molecule has 0 saturated carbocycles. The summed E-state index contributed by atoms with van der Waals surface area (Å²) in [6, 6.07) is 11.1. The Morgan fingerprint density at radius 3 is 2.64 bits per heavy atom. The number of ether oxygens (including phenoxy) is 1. The van der Waals surface area contributed by atoms with Crippen molar-refractivity contribution in [2.45, 2.75) is 26.3 Å². The van der Waals surface area contributed by atoms with E-state index in [9.17, 15) is 14.0 Å². The lowest BCUT2D eigenvalue weighted by Gasteiger charge is -2.14. The topological polar surface area (TPSA) is 108 Å². The van der Waals surface area contributed by atoms with Crippen LogP contribution in [0.3, 0.4) is 0 Å². The van der Waals surface area contributed by atoms with Gasteiger partial charge in [0.1, 0.15) is 29.2 Å². The number of nitrogens with two attached hydrogens (primary N) is 1. The largest absolute Gasteiger partial charge is 0.457 e. The Hall–Kier alpha value is -4.65. The summed E-state index contributed by atoms with van der Waals surface area (Å²) >= 11 is 0. The minimum atomic E-state index is -0.332. The maximum absolute atomic E-state index is 13.7. The van der Waals surface area contributed by atoms with Crippen molar-refractivity contribution in [2.75, 3.05) is 18.8 Å². The number of halogens is 1. The van der Waals surface area contributed by atoms with Gasteiger partial charge in [0.05, 0.1) is 11.7 Å². The maximum Gasteiger partial charge on any atom is 0.335 e. The number of imidazole rings is 1. The lowest BCUT2D eigenvalue weighted by atomic mass is 10.2. The number of nitrogen functional groups attached to an aromatic ring is 1. The first-order chi connectivity index (χ1) is 17.4. The molecule has 2 aromatic heterocycles. The first kappa shape index (κ1) is 23.1. The zero-order valence-corrected chi connectivity index (χ0v) is 19.7. The highest BCUT2D eigenvalue weighted by Crippen LogP contribution is 2.29. The molecular formula is C26H23FN6O3. The number of aryl methyl sites for hydroxylation is 1. The summed E-state index contributed by atoms with van der Waals surface area (Å²) in [7, 11) is 0. The average molecular weight is 487 g/mol. The molecule has 1 aliphatic heterocycles. The number of likely N-dealkylation sites (tertiary alicyclic amines) is 1. The second kappa shape index (κ2) is 9.19. The van der Waals surface area contributed by atoms with Crippen LogP contribution in [0.4, 0.5) is 10.2 Å². The van der Waals surface area contributed by atoms with Crippen LogP contribution in [0.15, 0.2) is 53.6 Å². The summed E-state index contributed by atoms with van der Waals surface area (Å²) in [5.74, 6) is 5.79. The van der Waals surface area contributed by atoms with Gasteiger partial charge in [-0.05, 0) is 74.2 Å². The molecule has 0 spiro atoms. The Bertz CT molecular complexity index is 1600. The number of benzene rings is 2.